The number of para-hydroxylation sites is 1. The standard InChI is InChI=1S/C31H38N6OS/c1-30(2)17-21(18-31(3,4)36-30)34-29-32-14-11-25(35-29)26-9-10-27(39-26)28(38)37-15-12-20(13-16-37)23-19-33-24-8-6-5-7-22(23)24/h5-11,14,19-21,33,36H,12-13,15-18H2,1-4H3,(H,32,34,35). The fraction of sp³-hybridized carbons (Fsp3) is 0.452. The molecule has 2 aliphatic rings. The first-order valence-corrected chi connectivity index (χ1v) is 14.8. The third-order valence-electron chi connectivity index (χ3n) is 8.09. The van der Waals surface area contributed by atoms with E-state index in [0.717, 1.165) is 54.2 Å². The van der Waals surface area contributed by atoms with Crippen molar-refractivity contribution in [2.45, 2.75) is 76.4 Å². The average molecular weight is 543 g/mol. The summed E-state index contributed by atoms with van der Waals surface area (Å²) < 4.78 is 0. The van der Waals surface area contributed by atoms with E-state index >= 15 is 0 Å². The molecule has 6 rings (SSSR count). The smallest absolute Gasteiger partial charge is 0.263 e. The Kier molecular flexibility index (Phi) is 6.71. The Morgan fingerprint density at radius 1 is 1.03 bits per heavy atom. The molecule has 39 heavy (non-hydrogen) atoms. The van der Waals surface area contributed by atoms with Gasteiger partial charge < -0.3 is 20.5 Å². The number of likely N-dealkylation sites (tertiary alicyclic amines) is 1. The molecule has 0 aliphatic carbocycles. The summed E-state index contributed by atoms with van der Waals surface area (Å²) in [4.78, 5) is 29.9. The maximum Gasteiger partial charge on any atom is 0.263 e. The van der Waals surface area contributed by atoms with E-state index < -0.39 is 0 Å². The quantitative estimate of drug-likeness (QED) is 0.271. The normalized spacial score (nSPS) is 19.8. The number of piperidine rings is 2. The Balaban J connectivity index is 1.10. The number of carbonyl (C=O) groups excluding carboxylic acids is 1. The van der Waals surface area contributed by atoms with Gasteiger partial charge in [0.05, 0.1) is 15.4 Å². The van der Waals surface area contributed by atoms with E-state index in [9.17, 15) is 4.79 Å². The van der Waals surface area contributed by atoms with Gasteiger partial charge in [0.1, 0.15) is 0 Å². The van der Waals surface area contributed by atoms with E-state index in [2.05, 4.69) is 78.8 Å². The van der Waals surface area contributed by atoms with Crippen LogP contribution in [0.15, 0.2) is 54.9 Å². The predicted molar refractivity (Wildman–Crippen MR) is 159 cm³/mol. The molecule has 8 heteroatoms. The zero-order valence-corrected chi connectivity index (χ0v) is 24.1. The maximum absolute atomic E-state index is 13.4. The Morgan fingerprint density at radius 2 is 1.77 bits per heavy atom. The molecular weight excluding hydrogens is 504 g/mol. The minimum Gasteiger partial charge on any atom is -0.361 e. The van der Waals surface area contributed by atoms with Crippen molar-refractivity contribution in [3.8, 4) is 10.6 Å². The molecule has 1 aromatic carbocycles. The van der Waals surface area contributed by atoms with Gasteiger partial charge in [-0.2, -0.15) is 0 Å². The average Bonchev–Trinajstić information content (AvgIpc) is 3.55. The minimum absolute atomic E-state index is 0.0456. The SMILES string of the molecule is CC1(C)CC(Nc2nccc(-c3ccc(C(=O)N4CCC(c5c[nH]c6ccccc56)CC4)s3)n2)CC(C)(C)N1. The molecule has 2 fully saturated rings. The number of thiophene rings is 1. The van der Waals surface area contributed by atoms with Crippen LogP contribution < -0.4 is 10.6 Å². The lowest BCUT2D eigenvalue weighted by atomic mass is 9.80. The molecular formula is C31H38N6OS. The number of hydrogen-bond acceptors (Lipinski definition) is 6. The molecule has 3 N–H and O–H groups in total. The van der Waals surface area contributed by atoms with Crippen molar-refractivity contribution in [2.24, 2.45) is 0 Å². The molecule has 4 aromatic rings. The summed E-state index contributed by atoms with van der Waals surface area (Å²) in [6.45, 7) is 10.5. The monoisotopic (exact) mass is 542 g/mol. The Hall–Kier alpha value is -3.23. The number of amides is 1. The van der Waals surface area contributed by atoms with Gasteiger partial charge in [0.15, 0.2) is 0 Å². The van der Waals surface area contributed by atoms with Gasteiger partial charge in [-0.25, -0.2) is 9.97 Å². The second-order valence-electron chi connectivity index (χ2n) is 12.4. The summed E-state index contributed by atoms with van der Waals surface area (Å²) >= 11 is 1.52. The molecule has 2 aliphatic heterocycles. The highest BCUT2D eigenvalue weighted by Gasteiger charge is 2.38. The van der Waals surface area contributed by atoms with Crippen LogP contribution in [0.3, 0.4) is 0 Å². The summed E-state index contributed by atoms with van der Waals surface area (Å²) in [5, 5.41) is 8.60. The van der Waals surface area contributed by atoms with Crippen LogP contribution >= 0.6 is 11.3 Å². The first kappa shape index (κ1) is 26.0. The van der Waals surface area contributed by atoms with Crippen molar-refractivity contribution < 1.29 is 4.79 Å². The number of aromatic amines is 1. The number of H-pyrrole nitrogens is 1. The third-order valence-corrected chi connectivity index (χ3v) is 9.19. The van der Waals surface area contributed by atoms with Gasteiger partial charge in [0.25, 0.3) is 5.91 Å². The second-order valence-corrected chi connectivity index (χ2v) is 13.5. The van der Waals surface area contributed by atoms with E-state index in [1.54, 1.807) is 6.20 Å². The molecule has 0 saturated carbocycles. The van der Waals surface area contributed by atoms with Crippen LogP contribution in [0, 0.1) is 0 Å². The van der Waals surface area contributed by atoms with Crippen LogP contribution in [0.2, 0.25) is 0 Å². The van der Waals surface area contributed by atoms with Crippen molar-refractivity contribution in [1.82, 2.24) is 25.2 Å². The number of rotatable bonds is 5. The van der Waals surface area contributed by atoms with Gasteiger partial charge >= 0.3 is 0 Å². The molecule has 5 heterocycles. The van der Waals surface area contributed by atoms with Gasteiger partial charge in [0, 0.05) is 53.5 Å². The lowest BCUT2D eigenvalue weighted by Gasteiger charge is -2.46. The van der Waals surface area contributed by atoms with Gasteiger partial charge in [-0.3, -0.25) is 4.79 Å². The fourth-order valence-corrected chi connectivity index (χ4v) is 7.69. The molecule has 204 valence electrons. The Morgan fingerprint density at radius 3 is 2.54 bits per heavy atom. The molecule has 3 aromatic heterocycles. The number of anilines is 1. The first-order chi connectivity index (χ1) is 18.7. The highest BCUT2D eigenvalue weighted by molar-refractivity contribution is 7.17. The summed E-state index contributed by atoms with van der Waals surface area (Å²) in [5.74, 6) is 1.24. The third kappa shape index (κ3) is 5.58. The van der Waals surface area contributed by atoms with Gasteiger partial charge in [-0.05, 0) is 89.1 Å². The number of aromatic nitrogens is 3. The van der Waals surface area contributed by atoms with E-state index in [4.69, 9.17) is 4.98 Å². The maximum atomic E-state index is 13.4. The lowest BCUT2D eigenvalue weighted by Crippen LogP contribution is -2.60. The second kappa shape index (κ2) is 10.1. The van der Waals surface area contributed by atoms with Crippen molar-refractivity contribution in [3.05, 3.63) is 65.3 Å². The summed E-state index contributed by atoms with van der Waals surface area (Å²) in [6.07, 6.45) is 7.92. The molecule has 0 unspecified atom stereocenters. The van der Waals surface area contributed by atoms with Crippen LogP contribution in [0.1, 0.15) is 74.5 Å². The van der Waals surface area contributed by atoms with E-state index in [0.29, 0.717) is 17.9 Å². The topological polar surface area (TPSA) is 85.9 Å². The number of carbonyl (C=O) groups is 1. The van der Waals surface area contributed by atoms with Crippen LogP contribution in [0.25, 0.3) is 21.5 Å². The van der Waals surface area contributed by atoms with E-state index in [1.807, 2.05) is 23.1 Å². The van der Waals surface area contributed by atoms with Crippen molar-refractivity contribution in [3.63, 3.8) is 0 Å². The molecule has 0 bridgehead atoms. The highest BCUT2D eigenvalue weighted by Crippen LogP contribution is 2.35. The Labute approximate surface area is 234 Å². The summed E-state index contributed by atoms with van der Waals surface area (Å²) in [6, 6.07) is 14.6. The van der Waals surface area contributed by atoms with Crippen LogP contribution in [-0.4, -0.2) is 56.0 Å². The lowest BCUT2D eigenvalue weighted by molar-refractivity contribution is 0.0718. The fourth-order valence-electron chi connectivity index (χ4n) is 6.74. The molecule has 0 spiro atoms. The first-order valence-electron chi connectivity index (χ1n) is 14.0. The Bertz CT molecular complexity index is 1460. The number of hydrogen-bond donors (Lipinski definition) is 3. The molecule has 7 nitrogen and oxygen atoms in total. The van der Waals surface area contributed by atoms with Crippen molar-refractivity contribution in [1.29, 1.82) is 0 Å². The molecule has 2 saturated heterocycles. The molecule has 0 radical (unpaired) electrons. The summed E-state index contributed by atoms with van der Waals surface area (Å²) in [5.41, 5.74) is 3.50. The predicted octanol–water partition coefficient (Wildman–Crippen LogP) is 6.43. The van der Waals surface area contributed by atoms with E-state index in [1.165, 1.54) is 27.8 Å². The molecule has 1 amide bonds. The van der Waals surface area contributed by atoms with Gasteiger partial charge in [-0.15, -0.1) is 11.3 Å². The number of nitrogens with zero attached hydrogens (tertiary/aromatic N) is 3. The van der Waals surface area contributed by atoms with Gasteiger partial charge in [0.2, 0.25) is 5.95 Å². The number of nitrogens with one attached hydrogen (secondary N) is 3. The zero-order valence-electron chi connectivity index (χ0n) is 23.3. The van der Waals surface area contributed by atoms with E-state index in [-0.39, 0.29) is 17.0 Å². The van der Waals surface area contributed by atoms with Crippen LogP contribution in [0.5, 0.6) is 0 Å². The van der Waals surface area contributed by atoms with Crippen LogP contribution in [-0.2, 0) is 0 Å². The van der Waals surface area contributed by atoms with Gasteiger partial charge in [-0.1, -0.05) is 18.2 Å². The van der Waals surface area contributed by atoms with Crippen molar-refractivity contribution >= 4 is 34.1 Å². The molecule has 0 atom stereocenters. The summed E-state index contributed by atoms with van der Waals surface area (Å²) in [7, 11) is 0. The van der Waals surface area contributed by atoms with Crippen LogP contribution in [0.4, 0.5) is 5.95 Å². The zero-order chi connectivity index (χ0) is 27.2. The van der Waals surface area contributed by atoms with Crippen molar-refractivity contribution in [2.75, 3.05) is 18.4 Å². The minimum atomic E-state index is 0.0456. The number of benzene rings is 1. The highest BCUT2D eigenvalue weighted by atomic mass is 32.1. The largest absolute Gasteiger partial charge is 0.361 e. The number of fused-ring (bicyclic) bond motifs is 1.